The van der Waals surface area contributed by atoms with Gasteiger partial charge >= 0.3 is 0 Å². The summed E-state index contributed by atoms with van der Waals surface area (Å²) in [5.74, 6) is 1.00. The van der Waals surface area contributed by atoms with Crippen LogP contribution in [0.25, 0.3) is 0 Å². The van der Waals surface area contributed by atoms with Crippen LogP contribution in [-0.2, 0) is 10.0 Å². The molecule has 2 saturated heterocycles. The predicted octanol–water partition coefficient (Wildman–Crippen LogP) is 0.408. The van der Waals surface area contributed by atoms with E-state index in [0.29, 0.717) is 11.8 Å². The highest BCUT2D eigenvalue weighted by atomic mass is 32.2. The van der Waals surface area contributed by atoms with Crippen LogP contribution in [0.2, 0.25) is 0 Å². The molecular formula is C11H20N2O2S. The summed E-state index contributed by atoms with van der Waals surface area (Å²) < 4.78 is 26.5. The van der Waals surface area contributed by atoms with Crippen LogP contribution in [0.4, 0.5) is 0 Å². The zero-order valence-electron chi connectivity index (χ0n) is 9.94. The second-order valence-corrected chi connectivity index (χ2v) is 8.09. The molecule has 0 spiro atoms. The Bertz CT molecular complexity index is 400. The number of nitrogens with one attached hydrogen (secondary N) is 1. The van der Waals surface area contributed by atoms with E-state index < -0.39 is 10.0 Å². The van der Waals surface area contributed by atoms with Crippen LogP contribution >= 0.6 is 0 Å². The van der Waals surface area contributed by atoms with Crippen molar-refractivity contribution >= 4 is 10.0 Å². The summed E-state index contributed by atoms with van der Waals surface area (Å²) >= 11 is 0. The second-order valence-electron chi connectivity index (χ2n) is 5.95. The Balaban J connectivity index is 1.92. The predicted molar refractivity (Wildman–Crippen MR) is 62.6 cm³/mol. The third-order valence-corrected chi connectivity index (χ3v) is 7.09. The fourth-order valence-corrected chi connectivity index (χ4v) is 5.64. The van der Waals surface area contributed by atoms with E-state index >= 15 is 0 Å². The molecule has 0 bridgehead atoms. The highest BCUT2D eigenvalue weighted by Crippen LogP contribution is 2.45. The van der Waals surface area contributed by atoms with Crippen LogP contribution in [-0.4, -0.2) is 43.1 Å². The topological polar surface area (TPSA) is 49.4 Å². The van der Waals surface area contributed by atoms with Gasteiger partial charge < -0.3 is 5.32 Å². The Morgan fingerprint density at radius 1 is 1.25 bits per heavy atom. The van der Waals surface area contributed by atoms with Crippen LogP contribution in [0.15, 0.2) is 0 Å². The fraction of sp³-hybridized carbons (Fsp3) is 1.00. The molecule has 2 heterocycles. The van der Waals surface area contributed by atoms with E-state index in [2.05, 4.69) is 19.2 Å². The molecule has 1 N–H and O–H groups in total. The molecule has 0 radical (unpaired) electrons. The molecular weight excluding hydrogens is 224 g/mol. The smallest absolute Gasteiger partial charge is 0.217 e. The van der Waals surface area contributed by atoms with Crippen molar-refractivity contribution in [1.29, 1.82) is 0 Å². The highest BCUT2D eigenvalue weighted by molar-refractivity contribution is 7.90. The van der Waals surface area contributed by atoms with Crippen LogP contribution in [0.3, 0.4) is 0 Å². The summed E-state index contributed by atoms with van der Waals surface area (Å²) in [4.78, 5) is 0. The van der Waals surface area contributed by atoms with Gasteiger partial charge in [0.15, 0.2) is 0 Å². The molecule has 2 atom stereocenters. The number of rotatable bonds is 2. The maximum absolute atomic E-state index is 12.3. The van der Waals surface area contributed by atoms with E-state index in [9.17, 15) is 8.42 Å². The second kappa shape index (κ2) is 3.21. The molecule has 0 aromatic carbocycles. The van der Waals surface area contributed by atoms with E-state index in [0.717, 1.165) is 32.5 Å². The number of hydrogen-bond acceptors (Lipinski definition) is 3. The van der Waals surface area contributed by atoms with Gasteiger partial charge in [-0.1, -0.05) is 0 Å². The molecule has 16 heavy (non-hydrogen) atoms. The minimum absolute atomic E-state index is 0.0708. The molecule has 1 saturated carbocycles. The van der Waals surface area contributed by atoms with Crippen LogP contribution in [0, 0.1) is 11.8 Å². The quantitative estimate of drug-likeness (QED) is 0.765. The molecule has 3 fully saturated rings. The average Bonchev–Trinajstić information content (AvgIpc) is 2.88. The molecule has 2 aliphatic heterocycles. The lowest BCUT2D eigenvalue weighted by Crippen LogP contribution is -2.48. The summed E-state index contributed by atoms with van der Waals surface area (Å²) in [5.41, 5.74) is -0.199. The van der Waals surface area contributed by atoms with Crippen molar-refractivity contribution in [2.24, 2.45) is 11.8 Å². The molecule has 3 rings (SSSR count). The SMILES string of the molecule is CC1(C)C2CNCC2CN1S(=O)(=O)C1CC1. The van der Waals surface area contributed by atoms with Crippen molar-refractivity contribution in [3.05, 3.63) is 0 Å². The minimum atomic E-state index is -3.01. The van der Waals surface area contributed by atoms with Crippen molar-refractivity contribution in [3.8, 4) is 0 Å². The van der Waals surface area contributed by atoms with Crippen molar-refractivity contribution in [1.82, 2.24) is 9.62 Å². The first-order valence-corrected chi connectivity index (χ1v) is 7.67. The third-order valence-electron chi connectivity index (χ3n) is 4.54. The fourth-order valence-electron chi connectivity index (χ4n) is 3.36. The Hall–Kier alpha value is -0.130. The number of nitrogens with zero attached hydrogens (tertiary/aromatic N) is 1. The lowest BCUT2D eigenvalue weighted by Gasteiger charge is -2.34. The van der Waals surface area contributed by atoms with Crippen molar-refractivity contribution < 1.29 is 8.42 Å². The van der Waals surface area contributed by atoms with Gasteiger partial charge in [0.1, 0.15) is 0 Å². The van der Waals surface area contributed by atoms with Gasteiger partial charge in [-0.15, -0.1) is 0 Å². The third kappa shape index (κ3) is 1.38. The summed E-state index contributed by atoms with van der Waals surface area (Å²) in [6, 6.07) is 0. The summed E-state index contributed by atoms with van der Waals surface area (Å²) in [6.07, 6.45) is 1.73. The first kappa shape index (κ1) is 11.0. The lowest BCUT2D eigenvalue weighted by atomic mass is 9.85. The van der Waals surface area contributed by atoms with Gasteiger partial charge in [-0.3, -0.25) is 0 Å². The number of hydrogen-bond donors (Lipinski definition) is 1. The van der Waals surface area contributed by atoms with Gasteiger partial charge in [0.2, 0.25) is 10.0 Å². The maximum Gasteiger partial charge on any atom is 0.217 e. The number of sulfonamides is 1. The first-order valence-electron chi connectivity index (χ1n) is 6.16. The molecule has 0 aromatic rings. The van der Waals surface area contributed by atoms with Gasteiger partial charge in [-0.2, -0.15) is 4.31 Å². The molecule has 0 aromatic heterocycles. The van der Waals surface area contributed by atoms with Gasteiger partial charge in [0, 0.05) is 18.6 Å². The summed E-state index contributed by atoms with van der Waals surface area (Å²) in [6.45, 7) is 6.85. The van der Waals surface area contributed by atoms with Crippen LogP contribution in [0.5, 0.6) is 0 Å². The van der Waals surface area contributed by atoms with E-state index in [1.165, 1.54) is 0 Å². The molecule has 5 heteroatoms. The summed E-state index contributed by atoms with van der Waals surface area (Å²) in [5, 5.41) is 3.30. The first-order chi connectivity index (χ1) is 7.44. The normalized spacial score (nSPS) is 38.9. The zero-order valence-corrected chi connectivity index (χ0v) is 10.8. The number of fused-ring (bicyclic) bond motifs is 1. The Kier molecular flexibility index (Phi) is 2.20. The molecule has 2 unspecified atom stereocenters. The van der Waals surface area contributed by atoms with E-state index in [4.69, 9.17) is 0 Å². The average molecular weight is 244 g/mol. The van der Waals surface area contributed by atoms with Crippen LogP contribution in [0.1, 0.15) is 26.7 Å². The molecule has 0 amide bonds. The van der Waals surface area contributed by atoms with Gasteiger partial charge in [-0.05, 0) is 45.1 Å². The van der Waals surface area contributed by atoms with E-state index in [1.807, 2.05) is 0 Å². The Labute approximate surface area is 97.4 Å². The van der Waals surface area contributed by atoms with E-state index in [-0.39, 0.29) is 10.8 Å². The van der Waals surface area contributed by atoms with Gasteiger partial charge in [0.25, 0.3) is 0 Å². The minimum Gasteiger partial charge on any atom is -0.316 e. The largest absolute Gasteiger partial charge is 0.316 e. The van der Waals surface area contributed by atoms with Gasteiger partial charge in [-0.25, -0.2) is 8.42 Å². The van der Waals surface area contributed by atoms with Crippen LogP contribution < -0.4 is 5.32 Å². The Morgan fingerprint density at radius 3 is 2.50 bits per heavy atom. The van der Waals surface area contributed by atoms with Gasteiger partial charge in [0.05, 0.1) is 5.25 Å². The summed E-state index contributed by atoms with van der Waals surface area (Å²) in [7, 11) is -3.01. The highest BCUT2D eigenvalue weighted by Gasteiger charge is 2.56. The van der Waals surface area contributed by atoms with Crippen molar-refractivity contribution in [3.63, 3.8) is 0 Å². The standard InChI is InChI=1S/C11H20N2O2S/c1-11(2)10-6-12-5-8(10)7-13(11)16(14,15)9-3-4-9/h8-10,12H,3-7H2,1-2H3. The van der Waals surface area contributed by atoms with Crippen molar-refractivity contribution in [2.45, 2.75) is 37.5 Å². The van der Waals surface area contributed by atoms with Crippen molar-refractivity contribution in [2.75, 3.05) is 19.6 Å². The zero-order chi connectivity index (χ0) is 11.6. The molecule has 4 nitrogen and oxygen atoms in total. The van der Waals surface area contributed by atoms with E-state index in [1.54, 1.807) is 4.31 Å². The molecule has 1 aliphatic carbocycles. The maximum atomic E-state index is 12.3. The molecule has 92 valence electrons. The molecule has 3 aliphatic rings. The lowest BCUT2D eigenvalue weighted by molar-refractivity contribution is 0.233. The monoisotopic (exact) mass is 244 g/mol. The Morgan fingerprint density at radius 2 is 1.94 bits per heavy atom.